The normalized spacial score (nSPS) is 11.3. The van der Waals surface area contributed by atoms with Crippen LogP contribution in [0.1, 0.15) is 6.42 Å². The highest BCUT2D eigenvalue weighted by molar-refractivity contribution is 6.31. The quantitative estimate of drug-likeness (QED) is 0.541. The summed E-state index contributed by atoms with van der Waals surface area (Å²) in [4.78, 5) is 12.6. The monoisotopic (exact) mass is 301 g/mol. The van der Waals surface area contributed by atoms with Crippen LogP contribution in [0.5, 0.6) is 0 Å². The van der Waals surface area contributed by atoms with Gasteiger partial charge in [-0.15, -0.1) is 0 Å². The Labute approximate surface area is 127 Å². The van der Waals surface area contributed by atoms with E-state index >= 15 is 0 Å². The van der Waals surface area contributed by atoms with Gasteiger partial charge in [0, 0.05) is 36.1 Å². The molecule has 108 valence electrons. The molecule has 0 saturated heterocycles. The number of aromatic nitrogens is 1. The molecule has 0 aliphatic heterocycles. The van der Waals surface area contributed by atoms with Crippen LogP contribution in [0.3, 0.4) is 0 Å². The first kappa shape index (κ1) is 14.1. The summed E-state index contributed by atoms with van der Waals surface area (Å²) in [6.07, 6.45) is 0.890. The molecule has 3 aromatic rings. The van der Waals surface area contributed by atoms with E-state index in [1.807, 2.05) is 36.4 Å². The molecule has 21 heavy (non-hydrogen) atoms. The third-order valence-electron chi connectivity index (χ3n) is 3.66. The standard InChI is InChI=1S/C17H16ClNO2/c1-21-10-4-9-19-15-6-3-2-5-13(15)17(20)14-11-12(18)7-8-16(14)19/h2-3,5-8,11H,4,9-10H2,1H3. The fourth-order valence-corrected chi connectivity index (χ4v) is 2.88. The van der Waals surface area contributed by atoms with Gasteiger partial charge in [-0.3, -0.25) is 4.79 Å². The molecule has 0 bridgehead atoms. The van der Waals surface area contributed by atoms with E-state index < -0.39 is 0 Å². The smallest absolute Gasteiger partial charge is 0.197 e. The zero-order chi connectivity index (χ0) is 14.8. The van der Waals surface area contributed by atoms with Gasteiger partial charge in [-0.2, -0.15) is 0 Å². The van der Waals surface area contributed by atoms with Crippen molar-refractivity contribution < 1.29 is 4.74 Å². The Morgan fingerprint density at radius 1 is 1.10 bits per heavy atom. The van der Waals surface area contributed by atoms with Crippen LogP contribution in [0.25, 0.3) is 21.8 Å². The molecule has 0 radical (unpaired) electrons. The molecule has 2 aromatic carbocycles. The Morgan fingerprint density at radius 3 is 2.67 bits per heavy atom. The van der Waals surface area contributed by atoms with Crippen molar-refractivity contribution in [3.05, 3.63) is 57.7 Å². The Morgan fingerprint density at radius 2 is 1.86 bits per heavy atom. The van der Waals surface area contributed by atoms with Crippen LogP contribution in [0.15, 0.2) is 47.3 Å². The van der Waals surface area contributed by atoms with Crippen molar-refractivity contribution in [1.29, 1.82) is 0 Å². The number of fused-ring (bicyclic) bond motifs is 2. The number of nitrogens with zero attached hydrogens (tertiary/aromatic N) is 1. The number of hydrogen-bond acceptors (Lipinski definition) is 2. The molecule has 0 N–H and O–H groups in total. The largest absolute Gasteiger partial charge is 0.385 e. The molecule has 0 saturated carbocycles. The minimum atomic E-state index is 0.0334. The van der Waals surface area contributed by atoms with Crippen LogP contribution in [0, 0.1) is 0 Å². The summed E-state index contributed by atoms with van der Waals surface area (Å²) < 4.78 is 7.30. The van der Waals surface area contributed by atoms with Crippen LogP contribution in [0.2, 0.25) is 5.02 Å². The summed E-state index contributed by atoms with van der Waals surface area (Å²) in [6.45, 7) is 1.49. The summed E-state index contributed by atoms with van der Waals surface area (Å²) in [6, 6.07) is 13.2. The molecule has 3 nitrogen and oxygen atoms in total. The molecule has 0 atom stereocenters. The topological polar surface area (TPSA) is 31.2 Å². The predicted octanol–water partition coefficient (Wildman–Crippen LogP) is 3.84. The summed E-state index contributed by atoms with van der Waals surface area (Å²) in [5.41, 5.74) is 1.90. The van der Waals surface area contributed by atoms with Crippen molar-refractivity contribution >= 4 is 33.4 Å². The molecular weight excluding hydrogens is 286 g/mol. The van der Waals surface area contributed by atoms with E-state index in [1.165, 1.54) is 0 Å². The molecule has 3 rings (SSSR count). The number of halogens is 1. The van der Waals surface area contributed by atoms with Crippen molar-refractivity contribution in [2.24, 2.45) is 0 Å². The molecule has 0 aliphatic carbocycles. The average Bonchev–Trinajstić information content (AvgIpc) is 2.51. The van der Waals surface area contributed by atoms with E-state index in [9.17, 15) is 4.79 Å². The van der Waals surface area contributed by atoms with Crippen LogP contribution in [-0.2, 0) is 11.3 Å². The first-order valence-corrected chi connectivity index (χ1v) is 7.30. The van der Waals surface area contributed by atoms with Crippen molar-refractivity contribution in [1.82, 2.24) is 4.57 Å². The lowest BCUT2D eigenvalue weighted by Gasteiger charge is -2.15. The third kappa shape index (κ3) is 2.55. The summed E-state index contributed by atoms with van der Waals surface area (Å²) >= 11 is 6.05. The predicted molar refractivity (Wildman–Crippen MR) is 87.2 cm³/mol. The van der Waals surface area contributed by atoms with Crippen LogP contribution in [0.4, 0.5) is 0 Å². The number of para-hydroxylation sites is 1. The third-order valence-corrected chi connectivity index (χ3v) is 3.90. The van der Waals surface area contributed by atoms with Crippen LogP contribution >= 0.6 is 11.6 Å². The minimum Gasteiger partial charge on any atom is -0.385 e. The number of ether oxygens (including phenoxy) is 1. The molecule has 1 aromatic heterocycles. The van der Waals surface area contributed by atoms with Gasteiger partial charge in [0.2, 0.25) is 0 Å². The van der Waals surface area contributed by atoms with E-state index in [-0.39, 0.29) is 5.43 Å². The van der Waals surface area contributed by atoms with Gasteiger partial charge < -0.3 is 9.30 Å². The second kappa shape index (κ2) is 5.88. The van der Waals surface area contributed by atoms with E-state index in [2.05, 4.69) is 4.57 Å². The maximum atomic E-state index is 12.6. The zero-order valence-electron chi connectivity index (χ0n) is 11.8. The van der Waals surface area contributed by atoms with Gasteiger partial charge in [0.1, 0.15) is 0 Å². The lowest BCUT2D eigenvalue weighted by atomic mass is 10.1. The van der Waals surface area contributed by atoms with Gasteiger partial charge in [0.05, 0.1) is 11.0 Å². The van der Waals surface area contributed by atoms with E-state index in [0.717, 1.165) is 29.4 Å². The fraction of sp³-hybridized carbons (Fsp3) is 0.235. The Bertz CT molecular complexity index is 854. The van der Waals surface area contributed by atoms with Crippen molar-refractivity contribution in [2.45, 2.75) is 13.0 Å². The number of benzene rings is 2. The van der Waals surface area contributed by atoms with E-state index in [4.69, 9.17) is 16.3 Å². The highest BCUT2D eigenvalue weighted by atomic mass is 35.5. The SMILES string of the molecule is COCCCn1c2ccccc2c(=O)c2cc(Cl)ccc21. The average molecular weight is 302 g/mol. The number of rotatable bonds is 4. The second-order valence-electron chi connectivity index (χ2n) is 5.01. The van der Waals surface area contributed by atoms with Crippen LogP contribution < -0.4 is 5.43 Å². The van der Waals surface area contributed by atoms with E-state index in [0.29, 0.717) is 17.0 Å². The summed E-state index contributed by atoms with van der Waals surface area (Å²) in [5, 5.41) is 1.97. The van der Waals surface area contributed by atoms with Gasteiger partial charge in [0.25, 0.3) is 0 Å². The highest BCUT2D eigenvalue weighted by Gasteiger charge is 2.10. The maximum absolute atomic E-state index is 12.6. The van der Waals surface area contributed by atoms with Crippen molar-refractivity contribution in [2.75, 3.05) is 13.7 Å². The molecular formula is C17H16ClNO2. The van der Waals surface area contributed by atoms with Crippen molar-refractivity contribution in [3.8, 4) is 0 Å². The van der Waals surface area contributed by atoms with Gasteiger partial charge in [0.15, 0.2) is 5.43 Å². The minimum absolute atomic E-state index is 0.0334. The van der Waals surface area contributed by atoms with Gasteiger partial charge in [-0.1, -0.05) is 23.7 Å². The number of pyridine rings is 1. The Kier molecular flexibility index (Phi) is 3.95. The van der Waals surface area contributed by atoms with E-state index in [1.54, 1.807) is 13.2 Å². The molecule has 4 heteroatoms. The molecule has 0 fully saturated rings. The molecule has 0 unspecified atom stereocenters. The number of methoxy groups -OCH3 is 1. The van der Waals surface area contributed by atoms with Gasteiger partial charge in [-0.25, -0.2) is 0 Å². The molecule has 1 heterocycles. The number of aryl methyl sites for hydroxylation is 1. The lowest BCUT2D eigenvalue weighted by Crippen LogP contribution is -2.12. The fourth-order valence-electron chi connectivity index (χ4n) is 2.71. The van der Waals surface area contributed by atoms with Crippen molar-refractivity contribution in [3.63, 3.8) is 0 Å². The second-order valence-corrected chi connectivity index (χ2v) is 5.44. The lowest BCUT2D eigenvalue weighted by molar-refractivity contribution is 0.191. The summed E-state index contributed by atoms with van der Waals surface area (Å²) in [5.74, 6) is 0. The first-order chi connectivity index (χ1) is 10.2. The first-order valence-electron chi connectivity index (χ1n) is 6.92. The van der Waals surface area contributed by atoms with Gasteiger partial charge >= 0.3 is 0 Å². The summed E-state index contributed by atoms with van der Waals surface area (Å²) in [7, 11) is 1.70. The zero-order valence-corrected chi connectivity index (χ0v) is 12.6. The van der Waals surface area contributed by atoms with Crippen LogP contribution in [-0.4, -0.2) is 18.3 Å². The number of hydrogen-bond donors (Lipinski definition) is 0. The molecule has 0 aliphatic rings. The Balaban J connectivity index is 2.33. The molecule has 0 amide bonds. The Hall–Kier alpha value is -1.84. The highest BCUT2D eigenvalue weighted by Crippen LogP contribution is 2.22. The maximum Gasteiger partial charge on any atom is 0.197 e. The van der Waals surface area contributed by atoms with Gasteiger partial charge in [-0.05, 0) is 36.8 Å². The molecule has 0 spiro atoms.